The zero-order valence-electron chi connectivity index (χ0n) is 17.7. The smallest absolute Gasteiger partial charge is 0.242 e. The first-order valence-electron chi connectivity index (χ1n) is 10.1. The van der Waals surface area contributed by atoms with Crippen LogP contribution in [0.25, 0.3) is 5.69 Å². The summed E-state index contributed by atoms with van der Waals surface area (Å²) < 4.78 is 1.99. The summed E-state index contributed by atoms with van der Waals surface area (Å²) in [5.74, 6) is 0.676. The molecule has 0 spiro atoms. The number of benzene rings is 3. The van der Waals surface area contributed by atoms with Crippen LogP contribution in [0.1, 0.15) is 27.8 Å². The minimum Gasteiger partial charge on any atom is -0.325 e. The van der Waals surface area contributed by atoms with Crippen molar-refractivity contribution in [2.45, 2.75) is 31.2 Å². The molecule has 0 saturated heterocycles. The molecule has 1 amide bonds. The summed E-state index contributed by atoms with van der Waals surface area (Å²) in [6, 6.07) is 25.7. The average molecular weight is 429 g/mol. The lowest BCUT2D eigenvalue weighted by Crippen LogP contribution is -2.19. The SMILES string of the molecule is Cc1ccc(NC(=O)C(Sc2nnc(C)n2-c2cccc(C)c2)c2ccccc2)cc1. The topological polar surface area (TPSA) is 59.8 Å². The maximum absolute atomic E-state index is 13.3. The van der Waals surface area contributed by atoms with E-state index in [1.807, 2.05) is 85.1 Å². The largest absolute Gasteiger partial charge is 0.325 e. The van der Waals surface area contributed by atoms with Crippen LogP contribution in [0.2, 0.25) is 0 Å². The van der Waals surface area contributed by atoms with Crippen molar-refractivity contribution in [2.75, 3.05) is 5.32 Å². The number of aryl methyl sites for hydroxylation is 3. The zero-order chi connectivity index (χ0) is 21.8. The molecule has 0 bridgehead atoms. The molecule has 1 aromatic heterocycles. The van der Waals surface area contributed by atoms with E-state index < -0.39 is 5.25 Å². The molecule has 5 nitrogen and oxygen atoms in total. The van der Waals surface area contributed by atoms with Gasteiger partial charge in [0.25, 0.3) is 0 Å². The number of aromatic nitrogens is 3. The fourth-order valence-electron chi connectivity index (χ4n) is 3.33. The fraction of sp³-hybridized carbons (Fsp3) is 0.160. The van der Waals surface area contributed by atoms with Gasteiger partial charge >= 0.3 is 0 Å². The van der Waals surface area contributed by atoms with Gasteiger partial charge in [-0.3, -0.25) is 9.36 Å². The standard InChI is InChI=1S/C25H24N4OS/c1-17-12-14-21(15-13-17)26-24(30)23(20-9-5-4-6-10-20)31-25-28-27-19(3)29(25)22-11-7-8-18(2)16-22/h4-16,23H,1-3H3,(H,26,30). The van der Waals surface area contributed by atoms with Gasteiger partial charge in [0, 0.05) is 11.4 Å². The minimum absolute atomic E-state index is 0.100. The van der Waals surface area contributed by atoms with E-state index in [9.17, 15) is 4.79 Å². The summed E-state index contributed by atoms with van der Waals surface area (Å²) >= 11 is 1.40. The summed E-state index contributed by atoms with van der Waals surface area (Å²) in [5, 5.41) is 11.9. The third kappa shape index (κ3) is 4.86. The maximum Gasteiger partial charge on any atom is 0.242 e. The van der Waals surface area contributed by atoms with Crippen LogP contribution in [0.3, 0.4) is 0 Å². The van der Waals surface area contributed by atoms with Crippen molar-refractivity contribution in [2.24, 2.45) is 0 Å². The van der Waals surface area contributed by atoms with Gasteiger partial charge in [0.15, 0.2) is 5.16 Å². The fourth-order valence-corrected chi connectivity index (χ4v) is 4.44. The number of nitrogens with one attached hydrogen (secondary N) is 1. The Kier molecular flexibility index (Phi) is 6.18. The van der Waals surface area contributed by atoms with Crippen LogP contribution in [0.5, 0.6) is 0 Å². The van der Waals surface area contributed by atoms with Crippen molar-refractivity contribution in [1.29, 1.82) is 0 Å². The van der Waals surface area contributed by atoms with E-state index in [1.54, 1.807) is 0 Å². The maximum atomic E-state index is 13.3. The van der Waals surface area contributed by atoms with Crippen LogP contribution in [0.4, 0.5) is 5.69 Å². The van der Waals surface area contributed by atoms with Crippen molar-refractivity contribution in [3.8, 4) is 5.69 Å². The summed E-state index contributed by atoms with van der Waals surface area (Å²) in [6.07, 6.45) is 0. The molecule has 0 saturated carbocycles. The van der Waals surface area contributed by atoms with Gasteiger partial charge in [0.05, 0.1) is 0 Å². The van der Waals surface area contributed by atoms with Crippen molar-refractivity contribution < 1.29 is 4.79 Å². The lowest BCUT2D eigenvalue weighted by Gasteiger charge is -2.17. The van der Waals surface area contributed by atoms with E-state index in [4.69, 9.17) is 0 Å². The van der Waals surface area contributed by atoms with Crippen molar-refractivity contribution in [3.05, 3.63) is 101 Å². The number of carbonyl (C=O) groups excluding carboxylic acids is 1. The molecule has 4 aromatic rings. The predicted molar refractivity (Wildman–Crippen MR) is 126 cm³/mol. The highest BCUT2D eigenvalue weighted by molar-refractivity contribution is 8.00. The number of hydrogen-bond acceptors (Lipinski definition) is 4. The molecule has 1 heterocycles. The first-order chi connectivity index (χ1) is 15.0. The molecule has 156 valence electrons. The van der Waals surface area contributed by atoms with Crippen LogP contribution in [0.15, 0.2) is 84.0 Å². The van der Waals surface area contributed by atoms with Gasteiger partial charge in [-0.25, -0.2) is 0 Å². The Morgan fingerprint density at radius 1 is 0.871 bits per heavy atom. The van der Waals surface area contributed by atoms with Gasteiger partial charge in [-0.15, -0.1) is 10.2 Å². The molecule has 6 heteroatoms. The summed E-state index contributed by atoms with van der Waals surface area (Å²) in [7, 11) is 0. The third-order valence-electron chi connectivity index (χ3n) is 4.94. The Bertz CT molecular complexity index is 1190. The number of anilines is 1. The quantitative estimate of drug-likeness (QED) is 0.402. The van der Waals surface area contributed by atoms with E-state index in [0.29, 0.717) is 5.16 Å². The van der Waals surface area contributed by atoms with Crippen molar-refractivity contribution >= 4 is 23.4 Å². The van der Waals surface area contributed by atoms with E-state index in [2.05, 4.69) is 34.6 Å². The van der Waals surface area contributed by atoms with Crippen LogP contribution >= 0.6 is 11.8 Å². The Hall–Kier alpha value is -3.38. The van der Waals surface area contributed by atoms with Crippen LogP contribution in [0, 0.1) is 20.8 Å². The number of nitrogens with zero attached hydrogens (tertiary/aromatic N) is 3. The number of carbonyl (C=O) groups is 1. The molecular weight excluding hydrogens is 404 g/mol. The molecule has 1 N–H and O–H groups in total. The normalized spacial score (nSPS) is 11.8. The second kappa shape index (κ2) is 9.18. The Morgan fingerprint density at radius 3 is 2.32 bits per heavy atom. The summed E-state index contributed by atoms with van der Waals surface area (Å²) in [6.45, 7) is 6.00. The zero-order valence-corrected chi connectivity index (χ0v) is 18.6. The second-order valence-corrected chi connectivity index (χ2v) is 8.54. The number of hydrogen-bond donors (Lipinski definition) is 1. The number of thioether (sulfide) groups is 1. The Morgan fingerprint density at radius 2 is 1.61 bits per heavy atom. The van der Waals surface area contributed by atoms with Gasteiger partial charge in [-0.05, 0) is 56.2 Å². The average Bonchev–Trinajstić information content (AvgIpc) is 3.14. The monoisotopic (exact) mass is 428 g/mol. The molecule has 0 fully saturated rings. The predicted octanol–water partition coefficient (Wildman–Crippen LogP) is 5.66. The van der Waals surface area contributed by atoms with E-state index in [0.717, 1.165) is 33.9 Å². The highest BCUT2D eigenvalue weighted by atomic mass is 32.2. The van der Waals surface area contributed by atoms with Gasteiger partial charge in [-0.2, -0.15) is 0 Å². The highest BCUT2D eigenvalue weighted by Gasteiger charge is 2.26. The number of rotatable bonds is 6. The molecule has 31 heavy (non-hydrogen) atoms. The molecule has 4 rings (SSSR count). The summed E-state index contributed by atoms with van der Waals surface area (Å²) in [4.78, 5) is 13.3. The van der Waals surface area contributed by atoms with Crippen LogP contribution < -0.4 is 5.32 Å². The number of amides is 1. The second-order valence-electron chi connectivity index (χ2n) is 7.47. The molecule has 0 aliphatic carbocycles. The summed E-state index contributed by atoms with van der Waals surface area (Å²) in [5.41, 5.74) is 4.96. The van der Waals surface area contributed by atoms with E-state index in [1.165, 1.54) is 11.8 Å². The Labute approximate surface area is 186 Å². The first kappa shape index (κ1) is 20.9. The molecular formula is C25H24N4OS. The molecule has 1 atom stereocenters. The molecule has 3 aromatic carbocycles. The molecule has 0 aliphatic rings. The van der Waals surface area contributed by atoms with Crippen LogP contribution in [-0.2, 0) is 4.79 Å². The molecule has 1 unspecified atom stereocenters. The lowest BCUT2D eigenvalue weighted by atomic mass is 10.1. The molecule has 0 radical (unpaired) electrons. The molecule has 0 aliphatic heterocycles. The van der Waals surface area contributed by atoms with E-state index >= 15 is 0 Å². The van der Waals surface area contributed by atoms with Gasteiger partial charge in [0.1, 0.15) is 11.1 Å². The lowest BCUT2D eigenvalue weighted by molar-refractivity contribution is -0.115. The van der Waals surface area contributed by atoms with E-state index in [-0.39, 0.29) is 5.91 Å². The highest BCUT2D eigenvalue weighted by Crippen LogP contribution is 2.36. The van der Waals surface area contributed by atoms with Crippen LogP contribution in [-0.4, -0.2) is 20.7 Å². The van der Waals surface area contributed by atoms with Gasteiger partial charge < -0.3 is 5.32 Å². The van der Waals surface area contributed by atoms with Gasteiger partial charge in [0.2, 0.25) is 5.91 Å². The van der Waals surface area contributed by atoms with Crippen molar-refractivity contribution in [1.82, 2.24) is 14.8 Å². The first-order valence-corrected chi connectivity index (χ1v) is 11.0. The Balaban J connectivity index is 1.68. The third-order valence-corrected chi connectivity index (χ3v) is 6.13. The minimum atomic E-state index is -0.477. The van der Waals surface area contributed by atoms with Crippen molar-refractivity contribution in [3.63, 3.8) is 0 Å². The van der Waals surface area contributed by atoms with Gasteiger partial charge in [-0.1, -0.05) is 71.9 Å².